The molecule has 3 N–H and O–H groups in total. The van der Waals surface area contributed by atoms with Crippen molar-refractivity contribution in [3.63, 3.8) is 0 Å². The van der Waals surface area contributed by atoms with E-state index in [0.717, 1.165) is 0 Å². The summed E-state index contributed by atoms with van der Waals surface area (Å²) in [5, 5.41) is 12.6. The summed E-state index contributed by atoms with van der Waals surface area (Å²) < 4.78 is 31.1. The number of fused-ring (bicyclic) bond motifs is 1. The van der Waals surface area contributed by atoms with Crippen molar-refractivity contribution in [1.82, 2.24) is 30.2 Å². The molecule has 4 amide bonds. The van der Waals surface area contributed by atoms with Crippen molar-refractivity contribution in [1.29, 1.82) is 0 Å². The third-order valence-corrected chi connectivity index (χ3v) is 8.99. The SMILES string of the molecule is CCC(=O)N[C@@H](C(=O)N1CCN(C)CC1)[C@@H](C)c1ccc(NC(=O)[C@H]2NC(=O)c3c(cnn3C(C)C)[C@H]2c2ccc(F)cc2)c(F)c1. The van der Waals surface area contributed by atoms with Crippen LogP contribution in [0.4, 0.5) is 14.5 Å². The second-order valence-electron chi connectivity index (χ2n) is 12.5. The van der Waals surface area contributed by atoms with Gasteiger partial charge in [0, 0.05) is 56.0 Å². The van der Waals surface area contributed by atoms with Crippen molar-refractivity contribution < 1.29 is 28.0 Å². The zero-order chi connectivity index (χ0) is 34.0. The van der Waals surface area contributed by atoms with Crippen molar-refractivity contribution in [3.05, 3.63) is 82.7 Å². The molecule has 0 radical (unpaired) electrons. The molecule has 5 rings (SSSR count). The molecule has 47 heavy (non-hydrogen) atoms. The number of carbonyl (C=O) groups excluding carboxylic acids is 4. The molecule has 0 spiro atoms. The molecule has 0 saturated carbocycles. The fourth-order valence-electron chi connectivity index (χ4n) is 6.18. The fraction of sp³-hybridized carbons (Fsp3) is 0.441. The Morgan fingerprint density at radius 1 is 1.02 bits per heavy atom. The van der Waals surface area contributed by atoms with Gasteiger partial charge < -0.3 is 25.8 Å². The van der Waals surface area contributed by atoms with Crippen LogP contribution in [0.2, 0.25) is 0 Å². The number of rotatable bonds is 9. The van der Waals surface area contributed by atoms with Crippen molar-refractivity contribution in [2.45, 2.75) is 64.1 Å². The molecule has 0 bridgehead atoms. The molecule has 1 fully saturated rings. The normalized spacial score (nSPS) is 19.5. The van der Waals surface area contributed by atoms with Crippen LogP contribution in [-0.2, 0) is 14.4 Å². The maximum Gasteiger partial charge on any atom is 0.270 e. The first-order valence-electron chi connectivity index (χ1n) is 15.9. The highest BCUT2D eigenvalue weighted by molar-refractivity contribution is 6.04. The van der Waals surface area contributed by atoms with Gasteiger partial charge in [0.05, 0.1) is 11.9 Å². The van der Waals surface area contributed by atoms with E-state index in [2.05, 4.69) is 25.9 Å². The second-order valence-corrected chi connectivity index (χ2v) is 12.5. The Morgan fingerprint density at radius 2 is 1.70 bits per heavy atom. The van der Waals surface area contributed by atoms with Crippen LogP contribution in [0.25, 0.3) is 0 Å². The summed E-state index contributed by atoms with van der Waals surface area (Å²) in [7, 11) is 1.98. The lowest BCUT2D eigenvalue weighted by Crippen LogP contribution is -2.55. The summed E-state index contributed by atoms with van der Waals surface area (Å²) in [6, 6.07) is 7.69. The summed E-state index contributed by atoms with van der Waals surface area (Å²) in [5.41, 5.74) is 1.72. The highest BCUT2D eigenvalue weighted by Crippen LogP contribution is 2.36. The van der Waals surface area contributed by atoms with Gasteiger partial charge in [0.2, 0.25) is 17.7 Å². The third-order valence-electron chi connectivity index (χ3n) is 8.99. The van der Waals surface area contributed by atoms with E-state index in [1.165, 1.54) is 30.5 Å². The number of benzene rings is 2. The summed E-state index contributed by atoms with van der Waals surface area (Å²) in [5.74, 6) is -4.19. The monoisotopic (exact) mass is 649 g/mol. The molecule has 3 aromatic rings. The summed E-state index contributed by atoms with van der Waals surface area (Å²) >= 11 is 0. The van der Waals surface area contributed by atoms with Crippen LogP contribution >= 0.6 is 0 Å². The van der Waals surface area contributed by atoms with Gasteiger partial charge in [-0.25, -0.2) is 8.78 Å². The van der Waals surface area contributed by atoms with Crippen LogP contribution in [0, 0.1) is 11.6 Å². The number of likely N-dealkylation sites (N-methyl/N-ethyl adjacent to an activating group) is 1. The van der Waals surface area contributed by atoms with E-state index in [-0.39, 0.29) is 30.0 Å². The van der Waals surface area contributed by atoms with Gasteiger partial charge in [0.15, 0.2) is 0 Å². The number of carbonyl (C=O) groups is 4. The van der Waals surface area contributed by atoms with Crippen LogP contribution in [0.15, 0.2) is 48.7 Å². The molecule has 2 aromatic carbocycles. The summed E-state index contributed by atoms with van der Waals surface area (Å²) in [4.78, 5) is 56.8. The van der Waals surface area contributed by atoms with E-state index in [1.807, 2.05) is 20.9 Å². The molecule has 13 heteroatoms. The molecule has 4 atom stereocenters. The first-order valence-corrected chi connectivity index (χ1v) is 15.9. The molecule has 2 aliphatic rings. The topological polar surface area (TPSA) is 129 Å². The highest BCUT2D eigenvalue weighted by atomic mass is 19.1. The number of amides is 4. The lowest BCUT2D eigenvalue weighted by molar-refractivity contribution is -0.138. The molecule has 3 heterocycles. The number of nitrogens with one attached hydrogen (secondary N) is 3. The van der Waals surface area contributed by atoms with Gasteiger partial charge in [-0.05, 0) is 56.3 Å². The minimum atomic E-state index is -1.15. The quantitative estimate of drug-likeness (QED) is 0.326. The van der Waals surface area contributed by atoms with E-state index in [4.69, 9.17) is 0 Å². The largest absolute Gasteiger partial charge is 0.344 e. The Bertz CT molecular complexity index is 1650. The van der Waals surface area contributed by atoms with Crippen LogP contribution in [0.5, 0.6) is 0 Å². The van der Waals surface area contributed by atoms with Crippen molar-refractivity contribution in [2.24, 2.45) is 0 Å². The Labute approximate surface area is 272 Å². The molecule has 250 valence electrons. The molecule has 1 saturated heterocycles. The average molecular weight is 650 g/mol. The summed E-state index contributed by atoms with van der Waals surface area (Å²) in [6.45, 7) is 9.67. The molecule has 0 unspecified atom stereocenters. The van der Waals surface area contributed by atoms with E-state index in [1.54, 1.807) is 41.6 Å². The summed E-state index contributed by atoms with van der Waals surface area (Å²) in [6.07, 6.45) is 1.73. The minimum absolute atomic E-state index is 0.124. The smallest absolute Gasteiger partial charge is 0.270 e. The molecular formula is C34H41F2N7O4. The van der Waals surface area contributed by atoms with Crippen LogP contribution in [-0.4, -0.2) is 88.5 Å². The van der Waals surface area contributed by atoms with Crippen LogP contribution in [0.1, 0.15) is 79.2 Å². The van der Waals surface area contributed by atoms with Gasteiger partial charge in [-0.3, -0.25) is 23.9 Å². The predicted molar refractivity (Wildman–Crippen MR) is 172 cm³/mol. The molecule has 11 nitrogen and oxygen atoms in total. The number of hydrogen-bond donors (Lipinski definition) is 3. The Kier molecular flexibility index (Phi) is 10.0. The predicted octanol–water partition coefficient (Wildman–Crippen LogP) is 3.40. The van der Waals surface area contributed by atoms with Crippen LogP contribution in [0.3, 0.4) is 0 Å². The number of halogens is 2. The lowest BCUT2D eigenvalue weighted by Gasteiger charge is -2.36. The minimum Gasteiger partial charge on any atom is -0.344 e. The van der Waals surface area contributed by atoms with E-state index in [0.29, 0.717) is 48.6 Å². The average Bonchev–Trinajstić information content (AvgIpc) is 3.51. The number of aromatic nitrogens is 2. The van der Waals surface area contributed by atoms with Gasteiger partial charge in [-0.1, -0.05) is 32.0 Å². The fourth-order valence-corrected chi connectivity index (χ4v) is 6.18. The second kappa shape index (κ2) is 14.0. The van der Waals surface area contributed by atoms with Gasteiger partial charge >= 0.3 is 0 Å². The van der Waals surface area contributed by atoms with E-state index < -0.39 is 47.4 Å². The maximum atomic E-state index is 15.7. The molecule has 0 aliphatic carbocycles. The molecule has 2 aliphatic heterocycles. The first-order chi connectivity index (χ1) is 22.4. The lowest BCUT2D eigenvalue weighted by atomic mass is 9.82. The van der Waals surface area contributed by atoms with Gasteiger partial charge in [0.1, 0.15) is 29.4 Å². The van der Waals surface area contributed by atoms with Crippen LogP contribution < -0.4 is 16.0 Å². The molecular weight excluding hydrogens is 608 g/mol. The van der Waals surface area contributed by atoms with Gasteiger partial charge in [-0.2, -0.15) is 5.10 Å². The zero-order valence-corrected chi connectivity index (χ0v) is 27.2. The van der Waals surface area contributed by atoms with Crippen molar-refractivity contribution >= 4 is 29.3 Å². The van der Waals surface area contributed by atoms with Crippen molar-refractivity contribution in [2.75, 3.05) is 38.5 Å². The number of nitrogens with zero attached hydrogens (tertiary/aromatic N) is 4. The number of anilines is 1. The third kappa shape index (κ3) is 7.04. The Balaban J connectivity index is 1.39. The standard InChI is InChI=1S/C34H41F2N7O4/c1-6-27(44)39-29(34(47)42-15-13-41(5)14-16-42)20(4)22-9-12-26(25(36)17-22)38-32(45)30-28(21-7-10-23(35)11-8-21)24-18-37-43(19(2)3)31(24)33(46)40-30/h7-12,17-20,28-30H,6,13-16H2,1-5H3,(H,38,45)(H,39,44)(H,40,46)/t20-,28+,29+,30-/m0/s1. The van der Waals surface area contributed by atoms with E-state index in [9.17, 15) is 23.6 Å². The first kappa shape index (κ1) is 33.7. The Hall–Kier alpha value is -4.65. The van der Waals surface area contributed by atoms with Crippen molar-refractivity contribution in [3.8, 4) is 0 Å². The molecule has 1 aromatic heterocycles. The zero-order valence-electron chi connectivity index (χ0n) is 27.2. The number of hydrogen-bond acceptors (Lipinski definition) is 6. The van der Waals surface area contributed by atoms with Gasteiger partial charge in [-0.15, -0.1) is 0 Å². The highest BCUT2D eigenvalue weighted by Gasteiger charge is 2.42. The Morgan fingerprint density at radius 3 is 2.32 bits per heavy atom. The number of piperazine rings is 1. The van der Waals surface area contributed by atoms with E-state index >= 15 is 4.39 Å². The maximum absolute atomic E-state index is 15.7. The van der Waals surface area contributed by atoms with Gasteiger partial charge in [0.25, 0.3) is 5.91 Å².